The van der Waals surface area contributed by atoms with Crippen LogP contribution < -0.4 is 0 Å². The number of hydrogen-bond acceptors (Lipinski definition) is 2. The number of aromatic amines is 1. The number of nitrogens with one attached hydrogen (secondary N) is 1. The van der Waals surface area contributed by atoms with Crippen LogP contribution in [0.4, 0.5) is 0 Å². The van der Waals surface area contributed by atoms with E-state index in [9.17, 15) is 0 Å². The lowest BCUT2D eigenvalue weighted by Gasteiger charge is -2.09. The van der Waals surface area contributed by atoms with Gasteiger partial charge in [-0.1, -0.05) is 15.9 Å². The molecule has 18 heavy (non-hydrogen) atoms. The molecule has 0 saturated heterocycles. The molecular formula is C13H18BrN3S. The lowest BCUT2D eigenvalue weighted by Crippen LogP contribution is -2.13. The molecule has 0 aliphatic carbocycles. The van der Waals surface area contributed by atoms with Crippen molar-refractivity contribution in [2.45, 2.75) is 19.4 Å². The van der Waals surface area contributed by atoms with Gasteiger partial charge in [0.05, 0.1) is 11.0 Å². The summed E-state index contributed by atoms with van der Waals surface area (Å²) in [4.78, 5) is 5.46. The monoisotopic (exact) mass is 327 g/mol. The summed E-state index contributed by atoms with van der Waals surface area (Å²) in [6.45, 7) is 2.10. The van der Waals surface area contributed by atoms with Crippen molar-refractivity contribution in [1.29, 1.82) is 0 Å². The van der Waals surface area contributed by atoms with Gasteiger partial charge in [0.2, 0.25) is 0 Å². The van der Waals surface area contributed by atoms with Gasteiger partial charge in [-0.3, -0.25) is 0 Å². The predicted molar refractivity (Wildman–Crippen MR) is 82.6 cm³/mol. The average Bonchev–Trinajstić information content (AvgIpc) is 2.60. The van der Waals surface area contributed by atoms with Gasteiger partial charge in [0.25, 0.3) is 0 Å². The third kappa shape index (κ3) is 3.22. The van der Waals surface area contributed by atoms with E-state index < -0.39 is 0 Å². The standard InChI is InChI=1S/C13H18BrN3S/c1-16(2)7-3-4-8-17-12-9-10(14)5-6-11(12)15-13(17)18/h5-6,9H,3-4,7-8H2,1-2H3,(H,15,18). The lowest BCUT2D eigenvalue weighted by molar-refractivity contribution is 0.388. The smallest absolute Gasteiger partial charge is 0.178 e. The second-order valence-electron chi connectivity index (χ2n) is 4.75. The van der Waals surface area contributed by atoms with Crippen LogP contribution in [0.15, 0.2) is 22.7 Å². The fraction of sp³-hybridized carbons (Fsp3) is 0.462. The van der Waals surface area contributed by atoms with Crippen molar-refractivity contribution in [1.82, 2.24) is 14.5 Å². The van der Waals surface area contributed by atoms with E-state index >= 15 is 0 Å². The Morgan fingerprint density at radius 1 is 1.33 bits per heavy atom. The number of H-pyrrole nitrogens is 1. The van der Waals surface area contributed by atoms with Gasteiger partial charge < -0.3 is 14.5 Å². The molecular weight excluding hydrogens is 310 g/mol. The van der Waals surface area contributed by atoms with E-state index in [0.29, 0.717) is 0 Å². The minimum Gasteiger partial charge on any atom is -0.331 e. The van der Waals surface area contributed by atoms with E-state index in [1.807, 2.05) is 6.07 Å². The van der Waals surface area contributed by atoms with Crippen molar-refractivity contribution in [2.75, 3.05) is 20.6 Å². The molecule has 98 valence electrons. The molecule has 0 atom stereocenters. The Kier molecular flexibility index (Phi) is 4.59. The number of aryl methyl sites for hydroxylation is 1. The topological polar surface area (TPSA) is 24.0 Å². The van der Waals surface area contributed by atoms with Gasteiger partial charge in [0.1, 0.15) is 0 Å². The lowest BCUT2D eigenvalue weighted by atomic mass is 10.3. The molecule has 3 nitrogen and oxygen atoms in total. The van der Waals surface area contributed by atoms with E-state index in [1.165, 1.54) is 11.9 Å². The van der Waals surface area contributed by atoms with Crippen molar-refractivity contribution in [3.8, 4) is 0 Å². The number of fused-ring (bicyclic) bond motifs is 1. The quantitative estimate of drug-likeness (QED) is 0.667. The molecule has 1 aromatic heterocycles. The summed E-state index contributed by atoms with van der Waals surface area (Å²) in [5.41, 5.74) is 2.29. The molecule has 0 saturated carbocycles. The van der Waals surface area contributed by atoms with Gasteiger partial charge in [-0.2, -0.15) is 0 Å². The zero-order valence-electron chi connectivity index (χ0n) is 10.7. The van der Waals surface area contributed by atoms with E-state index in [0.717, 1.165) is 34.3 Å². The third-order valence-electron chi connectivity index (χ3n) is 2.97. The molecule has 1 N–H and O–H groups in total. The summed E-state index contributed by atoms with van der Waals surface area (Å²) in [6.07, 6.45) is 2.33. The maximum absolute atomic E-state index is 5.38. The summed E-state index contributed by atoms with van der Waals surface area (Å²) >= 11 is 8.89. The molecule has 0 aliphatic rings. The van der Waals surface area contributed by atoms with Gasteiger partial charge in [-0.25, -0.2) is 0 Å². The van der Waals surface area contributed by atoms with Gasteiger partial charge in [0, 0.05) is 11.0 Å². The molecule has 1 heterocycles. The molecule has 2 aromatic rings. The number of imidazole rings is 1. The molecule has 5 heteroatoms. The summed E-state index contributed by atoms with van der Waals surface area (Å²) in [6, 6.07) is 6.21. The minimum atomic E-state index is 0.813. The molecule has 0 aliphatic heterocycles. The van der Waals surface area contributed by atoms with Crippen molar-refractivity contribution in [2.24, 2.45) is 0 Å². The van der Waals surface area contributed by atoms with Gasteiger partial charge in [-0.15, -0.1) is 0 Å². The zero-order valence-corrected chi connectivity index (χ0v) is 13.1. The number of rotatable bonds is 5. The Labute approximate surface area is 121 Å². The zero-order chi connectivity index (χ0) is 13.1. The number of halogens is 1. The number of benzene rings is 1. The normalized spacial score (nSPS) is 11.6. The minimum absolute atomic E-state index is 0.813. The van der Waals surface area contributed by atoms with Crippen molar-refractivity contribution in [3.05, 3.63) is 27.4 Å². The van der Waals surface area contributed by atoms with E-state index in [-0.39, 0.29) is 0 Å². The molecule has 0 bridgehead atoms. The largest absolute Gasteiger partial charge is 0.331 e. The van der Waals surface area contributed by atoms with Crippen molar-refractivity contribution in [3.63, 3.8) is 0 Å². The number of aromatic nitrogens is 2. The van der Waals surface area contributed by atoms with Crippen LogP contribution in [0.5, 0.6) is 0 Å². The van der Waals surface area contributed by atoms with Gasteiger partial charge >= 0.3 is 0 Å². The fourth-order valence-corrected chi connectivity index (χ4v) is 2.69. The van der Waals surface area contributed by atoms with E-state index in [1.54, 1.807) is 0 Å². The Balaban J connectivity index is 2.14. The van der Waals surface area contributed by atoms with Crippen LogP contribution in [0.25, 0.3) is 11.0 Å². The van der Waals surface area contributed by atoms with Crippen LogP contribution in [0.2, 0.25) is 0 Å². The Bertz CT molecular complexity index is 585. The summed E-state index contributed by atoms with van der Waals surface area (Å²) in [5, 5.41) is 0. The van der Waals surface area contributed by atoms with Crippen molar-refractivity contribution < 1.29 is 0 Å². The first-order valence-electron chi connectivity index (χ1n) is 6.11. The number of hydrogen-bond donors (Lipinski definition) is 1. The van der Waals surface area contributed by atoms with Crippen LogP contribution in [0.3, 0.4) is 0 Å². The molecule has 1 aromatic carbocycles. The molecule has 0 radical (unpaired) electrons. The highest BCUT2D eigenvalue weighted by Crippen LogP contribution is 2.20. The Hall–Kier alpha value is -0.650. The first kappa shape index (κ1) is 13.8. The highest BCUT2D eigenvalue weighted by atomic mass is 79.9. The van der Waals surface area contributed by atoms with Gasteiger partial charge in [-0.05, 0) is 63.9 Å². The van der Waals surface area contributed by atoms with Crippen LogP contribution in [-0.2, 0) is 6.54 Å². The van der Waals surface area contributed by atoms with Gasteiger partial charge in [0.15, 0.2) is 4.77 Å². The number of unbranched alkanes of at least 4 members (excludes halogenated alkanes) is 1. The van der Waals surface area contributed by atoms with E-state index in [2.05, 4.69) is 56.6 Å². The Morgan fingerprint density at radius 3 is 2.83 bits per heavy atom. The highest BCUT2D eigenvalue weighted by Gasteiger charge is 2.04. The molecule has 2 rings (SSSR count). The molecule has 0 amide bonds. The first-order valence-corrected chi connectivity index (χ1v) is 7.31. The predicted octanol–water partition coefficient (Wildman–Crippen LogP) is 3.80. The van der Waals surface area contributed by atoms with Crippen LogP contribution in [0, 0.1) is 4.77 Å². The van der Waals surface area contributed by atoms with Crippen LogP contribution in [-0.4, -0.2) is 35.1 Å². The maximum Gasteiger partial charge on any atom is 0.178 e. The first-order chi connectivity index (χ1) is 8.58. The molecule has 0 unspecified atom stereocenters. The molecule has 0 fully saturated rings. The van der Waals surface area contributed by atoms with Crippen molar-refractivity contribution >= 4 is 39.2 Å². The summed E-state index contributed by atoms with van der Waals surface area (Å²) < 4.78 is 4.09. The Morgan fingerprint density at radius 2 is 2.11 bits per heavy atom. The van der Waals surface area contributed by atoms with Crippen LogP contribution in [0.1, 0.15) is 12.8 Å². The highest BCUT2D eigenvalue weighted by molar-refractivity contribution is 9.10. The second kappa shape index (κ2) is 5.99. The second-order valence-corrected chi connectivity index (χ2v) is 6.06. The number of nitrogens with zero attached hydrogens (tertiary/aromatic N) is 2. The summed E-state index contributed by atoms with van der Waals surface area (Å²) in [5.74, 6) is 0. The summed E-state index contributed by atoms with van der Waals surface area (Å²) in [7, 11) is 4.21. The molecule has 0 spiro atoms. The SMILES string of the molecule is CN(C)CCCCn1c(=S)[nH]c2ccc(Br)cc21. The average molecular weight is 328 g/mol. The third-order valence-corrected chi connectivity index (χ3v) is 3.79. The maximum atomic E-state index is 5.38. The fourth-order valence-electron chi connectivity index (χ4n) is 2.05. The van der Waals surface area contributed by atoms with Crippen LogP contribution >= 0.6 is 28.1 Å². The van der Waals surface area contributed by atoms with E-state index in [4.69, 9.17) is 12.2 Å².